The van der Waals surface area contributed by atoms with Crippen molar-refractivity contribution in [2.75, 3.05) is 6.61 Å². The van der Waals surface area contributed by atoms with E-state index in [2.05, 4.69) is 13.2 Å². The van der Waals surface area contributed by atoms with Gasteiger partial charge in [0.2, 0.25) is 0 Å². The standard InChI is InChI=1S/C12H18O2/c1-3-10-6-5-7-11(8-10)9-14-12(13)4-2/h3-4,10-11H,1-2,5-9H2. The van der Waals surface area contributed by atoms with Crippen LogP contribution in [0.1, 0.15) is 25.7 Å². The zero-order chi connectivity index (χ0) is 10.4. The summed E-state index contributed by atoms with van der Waals surface area (Å²) in [4.78, 5) is 10.8. The van der Waals surface area contributed by atoms with Crippen molar-refractivity contribution in [3.8, 4) is 0 Å². The second kappa shape index (κ2) is 5.63. The first-order valence-electron chi connectivity index (χ1n) is 5.18. The molecule has 2 unspecified atom stereocenters. The van der Waals surface area contributed by atoms with Crippen molar-refractivity contribution in [2.24, 2.45) is 11.8 Å². The minimum Gasteiger partial charge on any atom is -0.462 e. The molecule has 1 saturated carbocycles. The topological polar surface area (TPSA) is 26.3 Å². The monoisotopic (exact) mass is 194 g/mol. The summed E-state index contributed by atoms with van der Waals surface area (Å²) in [5.74, 6) is 0.803. The maximum atomic E-state index is 10.8. The van der Waals surface area contributed by atoms with Crippen LogP contribution < -0.4 is 0 Å². The normalized spacial score (nSPS) is 26.6. The predicted molar refractivity (Wildman–Crippen MR) is 56.8 cm³/mol. The highest BCUT2D eigenvalue weighted by Gasteiger charge is 2.20. The molecule has 0 aromatic heterocycles. The average Bonchev–Trinajstić information content (AvgIpc) is 2.26. The Morgan fingerprint density at radius 1 is 1.43 bits per heavy atom. The summed E-state index contributed by atoms with van der Waals surface area (Å²) in [5, 5.41) is 0. The lowest BCUT2D eigenvalue weighted by atomic mass is 9.82. The first-order chi connectivity index (χ1) is 6.76. The molecule has 0 saturated heterocycles. The lowest BCUT2D eigenvalue weighted by Crippen LogP contribution is -2.20. The van der Waals surface area contributed by atoms with Gasteiger partial charge in [-0.15, -0.1) is 6.58 Å². The fraction of sp³-hybridized carbons (Fsp3) is 0.583. The van der Waals surface area contributed by atoms with Crippen LogP contribution >= 0.6 is 0 Å². The number of rotatable bonds is 4. The van der Waals surface area contributed by atoms with Gasteiger partial charge in [-0.1, -0.05) is 19.1 Å². The number of hydrogen-bond donors (Lipinski definition) is 0. The van der Waals surface area contributed by atoms with Crippen molar-refractivity contribution >= 4 is 5.97 Å². The van der Waals surface area contributed by atoms with E-state index >= 15 is 0 Å². The van der Waals surface area contributed by atoms with Crippen LogP contribution in [0.2, 0.25) is 0 Å². The highest BCUT2D eigenvalue weighted by Crippen LogP contribution is 2.29. The van der Waals surface area contributed by atoms with Crippen LogP contribution in [-0.2, 0) is 9.53 Å². The van der Waals surface area contributed by atoms with Crippen molar-refractivity contribution in [3.63, 3.8) is 0 Å². The van der Waals surface area contributed by atoms with Gasteiger partial charge in [0.1, 0.15) is 0 Å². The Morgan fingerprint density at radius 2 is 2.21 bits per heavy atom. The number of allylic oxidation sites excluding steroid dienone is 1. The molecule has 1 aliphatic carbocycles. The van der Waals surface area contributed by atoms with Gasteiger partial charge in [-0.25, -0.2) is 4.79 Å². The molecule has 0 aliphatic heterocycles. The predicted octanol–water partition coefficient (Wildman–Crippen LogP) is 2.71. The summed E-state index contributed by atoms with van der Waals surface area (Å²) in [7, 11) is 0. The molecule has 0 radical (unpaired) electrons. The number of ether oxygens (including phenoxy) is 1. The molecular formula is C12H18O2. The molecule has 1 rings (SSSR count). The summed E-state index contributed by atoms with van der Waals surface area (Å²) in [5.41, 5.74) is 0. The fourth-order valence-corrected chi connectivity index (χ4v) is 1.96. The minimum atomic E-state index is -0.314. The molecule has 78 valence electrons. The summed E-state index contributed by atoms with van der Waals surface area (Å²) in [6.07, 6.45) is 7.94. The SMILES string of the molecule is C=CC(=O)OCC1CCCC(C=C)C1. The molecule has 0 heterocycles. The van der Waals surface area contributed by atoms with Crippen molar-refractivity contribution in [1.82, 2.24) is 0 Å². The zero-order valence-electron chi connectivity index (χ0n) is 8.58. The van der Waals surface area contributed by atoms with Crippen molar-refractivity contribution < 1.29 is 9.53 Å². The Labute approximate surface area is 85.6 Å². The molecule has 2 atom stereocenters. The van der Waals surface area contributed by atoms with Crippen LogP contribution in [0.25, 0.3) is 0 Å². The maximum absolute atomic E-state index is 10.8. The van der Waals surface area contributed by atoms with Crippen LogP contribution in [0.4, 0.5) is 0 Å². The largest absolute Gasteiger partial charge is 0.462 e. The third-order valence-corrected chi connectivity index (χ3v) is 2.78. The number of hydrogen-bond acceptors (Lipinski definition) is 2. The van der Waals surface area contributed by atoms with Gasteiger partial charge in [0, 0.05) is 6.08 Å². The molecule has 0 bridgehead atoms. The molecule has 0 aromatic rings. The average molecular weight is 194 g/mol. The summed E-state index contributed by atoms with van der Waals surface area (Å²) in [6.45, 7) is 7.71. The van der Waals surface area contributed by atoms with E-state index in [-0.39, 0.29) is 5.97 Å². The van der Waals surface area contributed by atoms with Crippen LogP contribution in [0.3, 0.4) is 0 Å². The smallest absolute Gasteiger partial charge is 0.330 e. The Bertz CT molecular complexity index is 220. The lowest BCUT2D eigenvalue weighted by Gasteiger charge is -2.26. The summed E-state index contributed by atoms with van der Waals surface area (Å²) >= 11 is 0. The van der Waals surface area contributed by atoms with E-state index in [4.69, 9.17) is 4.74 Å². The first-order valence-corrected chi connectivity index (χ1v) is 5.18. The van der Waals surface area contributed by atoms with Crippen molar-refractivity contribution in [3.05, 3.63) is 25.3 Å². The highest BCUT2D eigenvalue weighted by molar-refractivity contribution is 5.81. The Kier molecular flexibility index (Phi) is 4.44. The summed E-state index contributed by atoms with van der Waals surface area (Å²) < 4.78 is 5.03. The van der Waals surface area contributed by atoms with E-state index in [0.717, 1.165) is 12.8 Å². The third kappa shape index (κ3) is 3.36. The minimum absolute atomic E-state index is 0.314. The van der Waals surface area contributed by atoms with Gasteiger partial charge in [-0.3, -0.25) is 0 Å². The Balaban J connectivity index is 2.26. The van der Waals surface area contributed by atoms with E-state index in [1.165, 1.54) is 18.9 Å². The Hall–Kier alpha value is -1.05. The molecule has 0 amide bonds. The van der Waals surface area contributed by atoms with Crippen molar-refractivity contribution in [1.29, 1.82) is 0 Å². The molecule has 2 nitrogen and oxygen atoms in total. The van der Waals surface area contributed by atoms with Crippen LogP contribution in [0.15, 0.2) is 25.3 Å². The van der Waals surface area contributed by atoms with Gasteiger partial charge in [0.25, 0.3) is 0 Å². The van der Waals surface area contributed by atoms with E-state index in [1.807, 2.05) is 6.08 Å². The van der Waals surface area contributed by atoms with Crippen molar-refractivity contribution in [2.45, 2.75) is 25.7 Å². The molecular weight excluding hydrogens is 176 g/mol. The molecule has 0 spiro atoms. The molecule has 2 heteroatoms. The third-order valence-electron chi connectivity index (χ3n) is 2.78. The van der Waals surface area contributed by atoms with Gasteiger partial charge in [-0.05, 0) is 31.1 Å². The Morgan fingerprint density at radius 3 is 2.86 bits per heavy atom. The second-order valence-electron chi connectivity index (χ2n) is 3.86. The molecule has 1 fully saturated rings. The number of carbonyl (C=O) groups excluding carboxylic acids is 1. The summed E-state index contributed by atoms with van der Waals surface area (Å²) in [6, 6.07) is 0. The quantitative estimate of drug-likeness (QED) is 0.391. The van der Waals surface area contributed by atoms with E-state index in [1.54, 1.807) is 0 Å². The van der Waals surface area contributed by atoms with Gasteiger partial charge < -0.3 is 4.74 Å². The van der Waals surface area contributed by atoms with E-state index < -0.39 is 0 Å². The molecule has 0 N–H and O–H groups in total. The van der Waals surface area contributed by atoms with Gasteiger partial charge in [0.15, 0.2) is 0 Å². The van der Waals surface area contributed by atoms with Crippen LogP contribution in [-0.4, -0.2) is 12.6 Å². The zero-order valence-corrected chi connectivity index (χ0v) is 8.58. The van der Waals surface area contributed by atoms with Crippen LogP contribution in [0, 0.1) is 11.8 Å². The molecule has 14 heavy (non-hydrogen) atoms. The number of esters is 1. The highest BCUT2D eigenvalue weighted by atomic mass is 16.5. The fourth-order valence-electron chi connectivity index (χ4n) is 1.96. The van der Waals surface area contributed by atoms with Gasteiger partial charge in [0.05, 0.1) is 6.61 Å². The van der Waals surface area contributed by atoms with Crippen LogP contribution in [0.5, 0.6) is 0 Å². The molecule has 0 aromatic carbocycles. The van der Waals surface area contributed by atoms with E-state index in [0.29, 0.717) is 18.4 Å². The van der Waals surface area contributed by atoms with Gasteiger partial charge >= 0.3 is 5.97 Å². The maximum Gasteiger partial charge on any atom is 0.330 e. The van der Waals surface area contributed by atoms with Gasteiger partial charge in [-0.2, -0.15) is 0 Å². The number of carbonyl (C=O) groups is 1. The lowest BCUT2D eigenvalue weighted by molar-refractivity contribution is -0.139. The molecule has 1 aliphatic rings. The first kappa shape index (κ1) is 11.0. The second-order valence-corrected chi connectivity index (χ2v) is 3.86. The van der Waals surface area contributed by atoms with E-state index in [9.17, 15) is 4.79 Å².